The Labute approximate surface area is 185 Å². The third-order valence-corrected chi connectivity index (χ3v) is 4.80. The predicted octanol–water partition coefficient (Wildman–Crippen LogP) is 4.67. The zero-order chi connectivity index (χ0) is 21.5. The molecule has 0 radical (unpaired) electrons. The summed E-state index contributed by atoms with van der Waals surface area (Å²) < 4.78 is 0. The van der Waals surface area contributed by atoms with Crippen LogP contribution in [0.15, 0.2) is 78.9 Å². The summed E-state index contributed by atoms with van der Waals surface area (Å²) in [5.41, 5.74) is 2.74. The van der Waals surface area contributed by atoms with E-state index >= 15 is 0 Å². The van der Waals surface area contributed by atoms with Gasteiger partial charge in [0.1, 0.15) is 0 Å². The number of benzene rings is 3. The molecule has 7 heteroatoms. The number of rotatable bonds is 5. The van der Waals surface area contributed by atoms with Crippen LogP contribution in [-0.2, 0) is 11.2 Å². The van der Waals surface area contributed by atoms with Crippen molar-refractivity contribution < 1.29 is 9.59 Å². The van der Waals surface area contributed by atoms with Crippen LogP contribution in [0.5, 0.6) is 0 Å². The van der Waals surface area contributed by atoms with Gasteiger partial charge in [0.05, 0.1) is 6.42 Å². The van der Waals surface area contributed by atoms with Gasteiger partial charge in [0.2, 0.25) is 5.91 Å². The molecule has 0 heterocycles. The second kappa shape index (κ2) is 10.0. The molecule has 0 saturated carbocycles. The van der Waals surface area contributed by atoms with E-state index in [4.69, 9.17) is 23.8 Å². The maximum atomic E-state index is 12.8. The molecule has 2 N–H and O–H groups in total. The lowest BCUT2D eigenvalue weighted by Gasteiger charge is -2.18. The average molecular weight is 438 g/mol. The summed E-state index contributed by atoms with van der Waals surface area (Å²) in [5.74, 6) is -0.395. The molecule has 3 aromatic rings. The largest absolute Gasteiger partial charge is 0.332 e. The van der Waals surface area contributed by atoms with E-state index in [0.29, 0.717) is 16.3 Å². The molecule has 0 spiro atoms. The molecule has 0 aliphatic rings. The molecule has 0 bridgehead atoms. The first-order chi connectivity index (χ1) is 14.4. The van der Waals surface area contributed by atoms with Gasteiger partial charge in [0.25, 0.3) is 5.91 Å². The molecule has 0 aliphatic heterocycles. The number of hydrogen-bond donors (Lipinski definition) is 2. The smallest absolute Gasteiger partial charge is 0.258 e. The van der Waals surface area contributed by atoms with E-state index in [2.05, 4.69) is 10.6 Å². The Hall–Kier alpha value is -3.22. The van der Waals surface area contributed by atoms with E-state index in [9.17, 15) is 9.59 Å². The molecular weight excluding hydrogens is 418 g/mol. The van der Waals surface area contributed by atoms with Crippen LogP contribution in [0.2, 0.25) is 5.02 Å². The monoisotopic (exact) mass is 437 g/mol. The van der Waals surface area contributed by atoms with Crippen molar-refractivity contribution in [3.05, 3.63) is 95.0 Å². The molecule has 0 aromatic heterocycles. The van der Waals surface area contributed by atoms with Crippen molar-refractivity contribution in [2.45, 2.75) is 6.42 Å². The zero-order valence-electron chi connectivity index (χ0n) is 16.3. The van der Waals surface area contributed by atoms with Crippen LogP contribution in [-0.4, -0.2) is 24.0 Å². The van der Waals surface area contributed by atoms with E-state index < -0.39 is 0 Å². The van der Waals surface area contributed by atoms with Crippen molar-refractivity contribution in [1.82, 2.24) is 5.32 Å². The molecule has 3 aromatic carbocycles. The minimum Gasteiger partial charge on any atom is -0.332 e. The molecule has 0 aliphatic carbocycles. The number of anilines is 2. The Morgan fingerprint density at radius 1 is 0.967 bits per heavy atom. The Balaban J connectivity index is 1.60. The maximum Gasteiger partial charge on any atom is 0.258 e. The Kier molecular flexibility index (Phi) is 7.17. The van der Waals surface area contributed by atoms with Crippen molar-refractivity contribution in [1.29, 1.82) is 0 Å². The summed E-state index contributed by atoms with van der Waals surface area (Å²) >= 11 is 11.1. The molecule has 152 valence electrons. The van der Waals surface area contributed by atoms with Gasteiger partial charge < -0.3 is 15.5 Å². The van der Waals surface area contributed by atoms with E-state index in [1.54, 1.807) is 60.5 Å². The molecule has 5 nitrogen and oxygen atoms in total. The number of thiocarbonyl (C=S) groups is 1. The topological polar surface area (TPSA) is 61.4 Å². The number of nitrogens with one attached hydrogen (secondary N) is 2. The fourth-order valence-corrected chi connectivity index (χ4v) is 3.17. The first-order valence-electron chi connectivity index (χ1n) is 9.21. The van der Waals surface area contributed by atoms with Crippen LogP contribution in [0.1, 0.15) is 15.9 Å². The highest BCUT2D eigenvalue weighted by Gasteiger charge is 2.14. The molecule has 30 heavy (non-hydrogen) atoms. The van der Waals surface area contributed by atoms with Crippen LogP contribution in [0.25, 0.3) is 0 Å². The lowest BCUT2D eigenvalue weighted by atomic mass is 10.1. The van der Waals surface area contributed by atoms with Gasteiger partial charge >= 0.3 is 0 Å². The Morgan fingerprint density at radius 2 is 1.67 bits per heavy atom. The fraction of sp³-hybridized carbons (Fsp3) is 0.0870. The highest BCUT2D eigenvalue weighted by atomic mass is 35.5. The highest BCUT2D eigenvalue weighted by Crippen LogP contribution is 2.17. The highest BCUT2D eigenvalue weighted by molar-refractivity contribution is 7.80. The quantitative estimate of drug-likeness (QED) is 0.569. The minimum absolute atomic E-state index is 0.150. The molecule has 3 rings (SSSR count). The average Bonchev–Trinajstić information content (AvgIpc) is 2.75. The first kappa shape index (κ1) is 21.5. The summed E-state index contributed by atoms with van der Waals surface area (Å²) in [6.45, 7) is 0. The van der Waals surface area contributed by atoms with E-state index in [0.717, 1.165) is 11.3 Å². The van der Waals surface area contributed by atoms with Crippen molar-refractivity contribution in [2.24, 2.45) is 0 Å². The second-order valence-electron chi connectivity index (χ2n) is 6.59. The molecule has 0 fully saturated rings. The van der Waals surface area contributed by atoms with Gasteiger partial charge in [-0.25, -0.2) is 0 Å². The van der Waals surface area contributed by atoms with E-state index in [1.165, 1.54) is 0 Å². The number of carbonyl (C=O) groups is 2. The van der Waals surface area contributed by atoms with Crippen molar-refractivity contribution >= 4 is 52.1 Å². The van der Waals surface area contributed by atoms with Crippen LogP contribution < -0.4 is 15.5 Å². The van der Waals surface area contributed by atoms with Crippen LogP contribution in [0.4, 0.5) is 11.4 Å². The number of para-hydroxylation sites is 1. The molecule has 0 unspecified atom stereocenters. The SMILES string of the molecule is CN(C(=O)c1cccc(NC(=S)NC(=O)Cc2ccc(Cl)cc2)c1)c1ccccc1. The first-order valence-corrected chi connectivity index (χ1v) is 9.99. The number of halogens is 1. The van der Waals surface area contributed by atoms with Gasteiger partial charge in [-0.15, -0.1) is 0 Å². The molecule has 0 saturated heterocycles. The lowest BCUT2D eigenvalue weighted by Crippen LogP contribution is -2.35. The molecule has 0 atom stereocenters. The minimum atomic E-state index is -0.245. The zero-order valence-corrected chi connectivity index (χ0v) is 17.8. The predicted molar refractivity (Wildman–Crippen MR) is 125 cm³/mol. The number of carbonyl (C=O) groups excluding carboxylic acids is 2. The van der Waals surface area contributed by atoms with E-state index in [-0.39, 0.29) is 23.3 Å². The number of nitrogens with zero attached hydrogens (tertiary/aromatic N) is 1. The summed E-state index contributed by atoms with van der Waals surface area (Å²) in [4.78, 5) is 26.5. The fourth-order valence-electron chi connectivity index (χ4n) is 2.81. The number of amides is 2. The van der Waals surface area contributed by atoms with Gasteiger partial charge in [-0.1, -0.05) is 48.0 Å². The van der Waals surface area contributed by atoms with Crippen LogP contribution >= 0.6 is 23.8 Å². The number of hydrogen-bond acceptors (Lipinski definition) is 3. The van der Waals surface area contributed by atoms with Gasteiger partial charge in [-0.3, -0.25) is 9.59 Å². The van der Waals surface area contributed by atoms with Crippen molar-refractivity contribution in [3.63, 3.8) is 0 Å². The van der Waals surface area contributed by atoms with Crippen molar-refractivity contribution in [2.75, 3.05) is 17.3 Å². The summed E-state index contributed by atoms with van der Waals surface area (Å²) in [7, 11) is 1.72. The molecular formula is C23H20ClN3O2S. The summed E-state index contributed by atoms with van der Waals surface area (Å²) in [6, 6.07) is 23.4. The Bertz CT molecular complexity index is 1060. The van der Waals surface area contributed by atoms with Gasteiger partial charge in [-0.05, 0) is 60.2 Å². The summed E-state index contributed by atoms with van der Waals surface area (Å²) in [5, 5.41) is 6.37. The summed E-state index contributed by atoms with van der Waals surface area (Å²) in [6.07, 6.45) is 0.180. The van der Waals surface area contributed by atoms with Gasteiger partial charge in [0, 0.05) is 29.0 Å². The lowest BCUT2D eigenvalue weighted by molar-refractivity contribution is -0.119. The van der Waals surface area contributed by atoms with Gasteiger partial charge in [0.15, 0.2) is 5.11 Å². The van der Waals surface area contributed by atoms with Crippen molar-refractivity contribution in [3.8, 4) is 0 Å². The Morgan fingerprint density at radius 3 is 2.37 bits per heavy atom. The maximum absolute atomic E-state index is 12.8. The van der Waals surface area contributed by atoms with E-state index in [1.807, 2.05) is 30.3 Å². The molecule has 2 amide bonds. The van der Waals surface area contributed by atoms with Gasteiger partial charge in [-0.2, -0.15) is 0 Å². The second-order valence-corrected chi connectivity index (χ2v) is 7.43. The standard InChI is InChI=1S/C23H20ClN3O2S/c1-27(20-8-3-2-4-9-20)22(29)17-6-5-7-19(15-17)25-23(30)26-21(28)14-16-10-12-18(24)13-11-16/h2-13,15H,14H2,1H3,(H2,25,26,28,30). The van der Waals surface area contributed by atoms with Crippen LogP contribution in [0, 0.1) is 0 Å². The third-order valence-electron chi connectivity index (χ3n) is 4.35. The van der Waals surface area contributed by atoms with Crippen LogP contribution in [0.3, 0.4) is 0 Å². The third kappa shape index (κ3) is 5.89. The normalized spacial score (nSPS) is 10.2.